The SMILES string of the molecule is CN1C(=O)c2cc(S(=O)(=O)c3ccccc3)c3cnn(-c4ccccc4)c3c2C1=O. The Morgan fingerprint density at radius 3 is 2.17 bits per heavy atom. The fourth-order valence-electron chi connectivity index (χ4n) is 3.72. The first-order chi connectivity index (χ1) is 14.4. The molecule has 0 N–H and O–H groups in total. The molecule has 30 heavy (non-hydrogen) atoms. The number of nitrogens with zero attached hydrogens (tertiary/aromatic N) is 3. The third-order valence-electron chi connectivity index (χ3n) is 5.21. The highest BCUT2D eigenvalue weighted by molar-refractivity contribution is 7.91. The highest BCUT2D eigenvalue weighted by atomic mass is 32.2. The molecular weight excluding hydrogens is 402 g/mol. The molecule has 7 nitrogen and oxygen atoms in total. The molecule has 4 aromatic rings. The first kappa shape index (κ1) is 18.3. The van der Waals surface area contributed by atoms with Crippen molar-refractivity contribution in [2.24, 2.45) is 0 Å². The highest BCUT2D eigenvalue weighted by Crippen LogP contribution is 2.37. The van der Waals surface area contributed by atoms with Gasteiger partial charge in [-0.05, 0) is 30.3 Å². The smallest absolute Gasteiger partial charge is 0.263 e. The van der Waals surface area contributed by atoms with Gasteiger partial charge in [0.1, 0.15) is 0 Å². The normalized spacial score (nSPS) is 13.8. The average molecular weight is 417 g/mol. The van der Waals surface area contributed by atoms with Gasteiger partial charge in [0.25, 0.3) is 11.8 Å². The van der Waals surface area contributed by atoms with E-state index in [1.165, 1.54) is 36.1 Å². The fraction of sp³-hybridized carbons (Fsp3) is 0.0455. The van der Waals surface area contributed by atoms with E-state index in [9.17, 15) is 18.0 Å². The Bertz CT molecular complexity index is 1440. The van der Waals surface area contributed by atoms with E-state index >= 15 is 0 Å². The molecule has 8 heteroatoms. The van der Waals surface area contributed by atoms with Gasteiger partial charge < -0.3 is 0 Å². The van der Waals surface area contributed by atoms with Gasteiger partial charge in [-0.15, -0.1) is 0 Å². The van der Waals surface area contributed by atoms with Crippen LogP contribution >= 0.6 is 0 Å². The van der Waals surface area contributed by atoms with E-state index in [0.29, 0.717) is 11.2 Å². The Kier molecular flexibility index (Phi) is 3.87. The summed E-state index contributed by atoms with van der Waals surface area (Å²) in [5.74, 6) is -1.02. The van der Waals surface area contributed by atoms with Gasteiger partial charge in [-0.25, -0.2) is 13.1 Å². The molecule has 1 aromatic heterocycles. The van der Waals surface area contributed by atoms with Crippen molar-refractivity contribution in [3.63, 3.8) is 0 Å². The molecule has 0 saturated carbocycles. The second-order valence-corrected chi connectivity index (χ2v) is 8.86. The summed E-state index contributed by atoms with van der Waals surface area (Å²) >= 11 is 0. The number of benzene rings is 3. The molecule has 0 fully saturated rings. The number of rotatable bonds is 3. The van der Waals surface area contributed by atoms with Crippen molar-refractivity contribution in [2.45, 2.75) is 9.79 Å². The number of carbonyl (C=O) groups is 2. The van der Waals surface area contributed by atoms with Gasteiger partial charge >= 0.3 is 0 Å². The molecule has 0 unspecified atom stereocenters. The number of amides is 2. The predicted octanol–water partition coefficient (Wildman–Crippen LogP) is 3.08. The summed E-state index contributed by atoms with van der Waals surface area (Å²) in [5, 5.41) is 4.66. The lowest BCUT2D eigenvalue weighted by atomic mass is 10.1. The van der Waals surface area contributed by atoms with Gasteiger partial charge in [0.15, 0.2) is 0 Å². The number of aromatic nitrogens is 2. The quantitative estimate of drug-likeness (QED) is 0.478. The highest BCUT2D eigenvalue weighted by Gasteiger charge is 2.39. The summed E-state index contributed by atoms with van der Waals surface area (Å²) in [6.45, 7) is 0. The minimum atomic E-state index is -3.95. The Balaban J connectivity index is 1.91. The molecule has 5 rings (SSSR count). The van der Waals surface area contributed by atoms with Crippen molar-refractivity contribution >= 4 is 32.6 Å². The monoisotopic (exact) mass is 417 g/mol. The van der Waals surface area contributed by atoms with Crippen LogP contribution in [0.1, 0.15) is 20.7 Å². The largest absolute Gasteiger partial charge is 0.277 e. The van der Waals surface area contributed by atoms with Crippen LogP contribution in [0.5, 0.6) is 0 Å². The molecule has 2 amide bonds. The van der Waals surface area contributed by atoms with Crippen molar-refractivity contribution in [3.8, 4) is 5.69 Å². The molecule has 2 heterocycles. The zero-order valence-electron chi connectivity index (χ0n) is 15.8. The Morgan fingerprint density at radius 2 is 1.50 bits per heavy atom. The van der Waals surface area contributed by atoms with Gasteiger partial charge in [0.2, 0.25) is 9.84 Å². The number of sulfone groups is 1. The van der Waals surface area contributed by atoms with Crippen molar-refractivity contribution < 1.29 is 18.0 Å². The lowest BCUT2D eigenvalue weighted by Gasteiger charge is -2.10. The van der Waals surface area contributed by atoms with Crippen molar-refractivity contribution in [2.75, 3.05) is 7.05 Å². The lowest BCUT2D eigenvalue weighted by molar-refractivity contribution is 0.0693. The number of hydrogen-bond donors (Lipinski definition) is 0. The summed E-state index contributed by atoms with van der Waals surface area (Å²) in [5.41, 5.74) is 1.17. The van der Waals surface area contributed by atoms with Crippen molar-refractivity contribution in [1.29, 1.82) is 0 Å². The first-order valence-corrected chi connectivity index (χ1v) is 10.6. The summed E-state index contributed by atoms with van der Waals surface area (Å²) in [6, 6.07) is 18.3. The van der Waals surface area contributed by atoms with Crippen LogP contribution in [-0.4, -0.2) is 42.0 Å². The number of para-hydroxylation sites is 1. The number of hydrogen-bond acceptors (Lipinski definition) is 5. The van der Waals surface area contributed by atoms with Crippen LogP contribution in [0.15, 0.2) is 82.7 Å². The summed E-state index contributed by atoms with van der Waals surface area (Å²) < 4.78 is 28.3. The molecule has 148 valence electrons. The van der Waals surface area contributed by atoms with E-state index in [-0.39, 0.29) is 26.3 Å². The Hall–Kier alpha value is -3.78. The molecule has 1 aliphatic heterocycles. The summed E-state index contributed by atoms with van der Waals surface area (Å²) in [7, 11) is -2.57. The average Bonchev–Trinajstić information content (AvgIpc) is 3.30. The van der Waals surface area contributed by atoms with E-state index in [1.54, 1.807) is 30.3 Å². The van der Waals surface area contributed by atoms with Crippen LogP contribution in [0.4, 0.5) is 0 Å². The molecule has 1 aliphatic rings. The van der Waals surface area contributed by atoms with Gasteiger partial charge in [-0.2, -0.15) is 5.10 Å². The van der Waals surface area contributed by atoms with E-state index < -0.39 is 21.7 Å². The van der Waals surface area contributed by atoms with Crippen LogP contribution in [0.2, 0.25) is 0 Å². The second kappa shape index (κ2) is 6.36. The maximum atomic E-state index is 13.4. The standard InChI is InChI=1S/C22H15N3O4S/c1-24-21(26)16-12-18(30(28,29)15-10-6-3-7-11-15)17-13-23-25(14-8-4-2-5-9-14)20(17)19(16)22(24)27/h2-13H,1H3. The molecule has 0 bridgehead atoms. The molecule has 0 radical (unpaired) electrons. The molecule has 0 saturated heterocycles. The predicted molar refractivity (Wildman–Crippen MR) is 109 cm³/mol. The Morgan fingerprint density at radius 1 is 0.867 bits per heavy atom. The maximum absolute atomic E-state index is 13.4. The van der Waals surface area contributed by atoms with E-state index in [0.717, 1.165) is 4.90 Å². The van der Waals surface area contributed by atoms with Gasteiger partial charge in [0, 0.05) is 12.4 Å². The fourth-order valence-corrected chi connectivity index (χ4v) is 5.20. The third-order valence-corrected chi connectivity index (χ3v) is 7.02. The maximum Gasteiger partial charge on any atom is 0.263 e. The van der Waals surface area contributed by atoms with Crippen LogP contribution in [0.25, 0.3) is 16.6 Å². The van der Waals surface area contributed by atoms with Crippen molar-refractivity contribution in [1.82, 2.24) is 14.7 Å². The van der Waals surface area contributed by atoms with Crippen molar-refractivity contribution in [3.05, 3.63) is 84.1 Å². The zero-order valence-corrected chi connectivity index (χ0v) is 16.6. The minimum absolute atomic E-state index is 0.0546. The Labute approximate surface area is 172 Å². The first-order valence-electron chi connectivity index (χ1n) is 9.14. The molecule has 3 aromatic carbocycles. The zero-order chi connectivity index (χ0) is 21.0. The van der Waals surface area contributed by atoms with Crippen LogP contribution < -0.4 is 0 Å². The second-order valence-electron chi connectivity index (χ2n) is 6.94. The topological polar surface area (TPSA) is 89.3 Å². The van der Waals surface area contributed by atoms with Crippen LogP contribution in [-0.2, 0) is 9.84 Å². The summed E-state index contributed by atoms with van der Waals surface area (Å²) in [4.78, 5) is 26.6. The third kappa shape index (κ3) is 2.44. The van der Waals surface area contributed by atoms with Gasteiger partial charge in [-0.1, -0.05) is 36.4 Å². The van der Waals surface area contributed by atoms with E-state index in [1.807, 2.05) is 18.2 Å². The number of carbonyl (C=O) groups excluding carboxylic acids is 2. The summed E-state index contributed by atoms with van der Waals surface area (Å²) in [6.07, 6.45) is 1.43. The van der Waals surface area contributed by atoms with E-state index in [4.69, 9.17) is 0 Å². The molecular formula is C22H15N3O4S. The molecule has 0 aliphatic carbocycles. The minimum Gasteiger partial charge on any atom is -0.277 e. The molecule has 0 atom stereocenters. The van der Waals surface area contributed by atoms with Gasteiger partial charge in [0.05, 0.1) is 38.3 Å². The van der Waals surface area contributed by atoms with Gasteiger partial charge in [-0.3, -0.25) is 14.5 Å². The number of fused-ring (bicyclic) bond motifs is 3. The molecule has 0 spiro atoms. The number of imide groups is 1. The lowest BCUT2D eigenvalue weighted by Crippen LogP contribution is -2.24. The van der Waals surface area contributed by atoms with Crippen LogP contribution in [0.3, 0.4) is 0 Å². The van der Waals surface area contributed by atoms with E-state index in [2.05, 4.69) is 5.10 Å². The van der Waals surface area contributed by atoms with Crippen LogP contribution in [0, 0.1) is 0 Å².